The predicted molar refractivity (Wildman–Crippen MR) is 110 cm³/mol. The Morgan fingerprint density at radius 2 is 1.90 bits per heavy atom. The fourth-order valence-electron chi connectivity index (χ4n) is 3.65. The quantitative estimate of drug-likeness (QED) is 0.751. The van der Waals surface area contributed by atoms with Crippen molar-refractivity contribution in [3.63, 3.8) is 0 Å². The maximum Gasteiger partial charge on any atom is 0.287 e. The van der Waals surface area contributed by atoms with E-state index in [4.69, 9.17) is 4.42 Å². The van der Waals surface area contributed by atoms with Crippen LogP contribution in [0, 0.1) is 13.8 Å². The molecule has 1 aromatic heterocycles. The van der Waals surface area contributed by atoms with E-state index < -0.39 is 5.91 Å². The Balaban J connectivity index is 1.71. The van der Waals surface area contributed by atoms with Gasteiger partial charge in [-0.25, -0.2) is 0 Å². The number of rotatable bonds is 7. The number of nitrogens with zero attached hydrogens (tertiary/aromatic N) is 1. The van der Waals surface area contributed by atoms with Crippen LogP contribution in [0.1, 0.15) is 47.4 Å². The highest BCUT2D eigenvalue weighted by Gasteiger charge is 2.24. The van der Waals surface area contributed by atoms with E-state index in [1.165, 1.54) is 17.2 Å². The number of carbonyl (C=O) groups is 3. The lowest BCUT2D eigenvalue weighted by molar-refractivity contribution is -0.123. The number of hydrogen-bond donors (Lipinski definition) is 2. The normalized spacial score (nSPS) is 13.9. The lowest BCUT2D eigenvalue weighted by atomic mass is 10.1. The second-order valence-corrected chi connectivity index (χ2v) is 7.48. The van der Waals surface area contributed by atoms with Crippen LogP contribution in [-0.2, 0) is 9.59 Å². The third kappa shape index (κ3) is 5.47. The van der Waals surface area contributed by atoms with Crippen molar-refractivity contribution in [1.29, 1.82) is 0 Å². The maximum absolute atomic E-state index is 12.9. The number of hydrogen-bond acceptors (Lipinski definition) is 4. The molecule has 7 nitrogen and oxygen atoms in total. The lowest BCUT2D eigenvalue weighted by Gasteiger charge is -2.25. The Hall–Kier alpha value is -3.09. The van der Waals surface area contributed by atoms with Crippen molar-refractivity contribution in [3.8, 4) is 0 Å². The van der Waals surface area contributed by atoms with E-state index in [1.54, 1.807) is 6.07 Å². The molecular weight excluding hydrogens is 370 g/mol. The van der Waals surface area contributed by atoms with Crippen molar-refractivity contribution >= 4 is 23.4 Å². The molecule has 1 aliphatic rings. The Morgan fingerprint density at radius 1 is 1.14 bits per heavy atom. The standard InChI is InChI=1S/C22H27N3O4/c1-15-9-10-18(16(2)12-15)25(14-20(26)24-17-6-3-4-7-17)21(27)13-23-22(28)19-8-5-11-29-19/h5,8-12,17H,3-4,6-7,13-14H2,1-2H3,(H,23,28)(H,24,26). The third-order valence-electron chi connectivity index (χ3n) is 5.11. The fourth-order valence-corrected chi connectivity index (χ4v) is 3.65. The molecule has 0 spiro atoms. The molecule has 0 bridgehead atoms. The second-order valence-electron chi connectivity index (χ2n) is 7.48. The molecule has 7 heteroatoms. The van der Waals surface area contributed by atoms with Crippen LogP contribution in [0.3, 0.4) is 0 Å². The van der Waals surface area contributed by atoms with Gasteiger partial charge in [0.15, 0.2) is 5.76 Å². The van der Waals surface area contributed by atoms with Crippen molar-refractivity contribution in [1.82, 2.24) is 10.6 Å². The molecule has 0 saturated heterocycles. The molecule has 1 aliphatic carbocycles. The van der Waals surface area contributed by atoms with Gasteiger partial charge in [0.1, 0.15) is 6.54 Å². The number of benzene rings is 1. The van der Waals surface area contributed by atoms with E-state index in [2.05, 4.69) is 10.6 Å². The summed E-state index contributed by atoms with van der Waals surface area (Å²) in [5.41, 5.74) is 2.62. The monoisotopic (exact) mass is 397 g/mol. The molecule has 0 atom stereocenters. The summed E-state index contributed by atoms with van der Waals surface area (Å²) >= 11 is 0. The average Bonchev–Trinajstić information content (AvgIpc) is 3.38. The van der Waals surface area contributed by atoms with Gasteiger partial charge in [-0.05, 0) is 50.5 Å². The molecule has 1 aromatic carbocycles. The number of nitrogens with one attached hydrogen (secondary N) is 2. The fraction of sp³-hybridized carbons (Fsp3) is 0.409. The van der Waals surface area contributed by atoms with Crippen LogP contribution in [-0.4, -0.2) is 36.9 Å². The van der Waals surface area contributed by atoms with Crippen LogP contribution < -0.4 is 15.5 Å². The minimum absolute atomic E-state index is 0.0874. The average molecular weight is 397 g/mol. The summed E-state index contributed by atoms with van der Waals surface area (Å²) in [4.78, 5) is 39.0. The number of anilines is 1. The van der Waals surface area contributed by atoms with Gasteiger partial charge in [0.25, 0.3) is 5.91 Å². The molecule has 0 unspecified atom stereocenters. The first-order valence-corrected chi connectivity index (χ1v) is 9.92. The Kier molecular flexibility index (Phi) is 6.69. The van der Waals surface area contributed by atoms with Gasteiger partial charge >= 0.3 is 0 Å². The van der Waals surface area contributed by atoms with Crippen molar-refractivity contribution < 1.29 is 18.8 Å². The number of amides is 3. The zero-order valence-corrected chi connectivity index (χ0v) is 16.9. The summed E-state index contributed by atoms with van der Waals surface area (Å²) in [6.07, 6.45) is 5.57. The van der Waals surface area contributed by atoms with E-state index in [1.807, 2.05) is 32.0 Å². The minimum atomic E-state index is -0.473. The van der Waals surface area contributed by atoms with Crippen molar-refractivity contribution in [3.05, 3.63) is 53.5 Å². The van der Waals surface area contributed by atoms with E-state index in [-0.39, 0.29) is 36.7 Å². The SMILES string of the molecule is Cc1ccc(N(CC(=O)NC2CCCC2)C(=O)CNC(=O)c2ccco2)c(C)c1. The van der Waals surface area contributed by atoms with Crippen LogP contribution in [0.5, 0.6) is 0 Å². The zero-order chi connectivity index (χ0) is 20.8. The lowest BCUT2D eigenvalue weighted by Crippen LogP contribution is -2.47. The molecule has 2 N–H and O–H groups in total. The summed E-state index contributed by atoms with van der Waals surface area (Å²) in [6.45, 7) is 3.55. The first kappa shape index (κ1) is 20.6. The van der Waals surface area contributed by atoms with E-state index in [0.717, 1.165) is 36.8 Å². The highest BCUT2D eigenvalue weighted by molar-refractivity contribution is 6.02. The van der Waals surface area contributed by atoms with Gasteiger partial charge in [0.05, 0.1) is 12.8 Å². The predicted octanol–water partition coefficient (Wildman–Crippen LogP) is 2.72. The molecule has 3 rings (SSSR count). The van der Waals surface area contributed by atoms with Gasteiger partial charge in [-0.1, -0.05) is 30.5 Å². The van der Waals surface area contributed by atoms with Crippen LogP contribution in [0.25, 0.3) is 0 Å². The molecule has 3 amide bonds. The Bertz CT molecular complexity index is 870. The van der Waals surface area contributed by atoms with Gasteiger partial charge in [0, 0.05) is 11.7 Å². The van der Waals surface area contributed by atoms with Crippen LogP contribution in [0.2, 0.25) is 0 Å². The topological polar surface area (TPSA) is 91.7 Å². The summed E-state index contributed by atoms with van der Waals surface area (Å²) in [7, 11) is 0. The minimum Gasteiger partial charge on any atom is -0.459 e. The van der Waals surface area contributed by atoms with Crippen LogP contribution in [0.4, 0.5) is 5.69 Å². The molecule has 1 fully saturated rings. The smallest absolute Gasteiger partial charge is 0.287 e. The second kappa shape index (κ2) is 9.41. The summed E-state index contributed by atoms with van der Waals surface area (Å²) in [5, 5.41) is 5.57. The molecule has 1 heterocycles. The molecule has 2 aromatic rings. The molecule has 154 valence electrons. The van der Waals surface area contributed by atoms with Gasteiger partial charge in [-0.15, -0.1) is 0 Å². The zero-order valence-electron chi connectivity index (χ0n) is 16.9. The Labute approximate surface area is 170 Å². The molecule has 0 aliphatic heterocycles. The highest BCUT2D eigenvalue weighted by Crippen LogP contribution is 2.22. The molecular formula is C22H27N3O4. The van der Waals surface area contributed by atoms with E-state index in [0.29, 0.717) is 5.69 Å². The van der Waals surface area contributed by atoms with E-state index >= 15 is 0 Å². The van der Waals surface area contributed by atoms with Crippen molar-refractivity contribution in [2.24, 2.45) is 0 Å². The van der Waals surface area contributed by atoms with Crippen LogP contribution in [0.15, 0.2) is 41.0 Å². The Morgan fingerprint density at radius 3 is 2.55 bits per heavy atom. The van der Waals surface area contributed by atoms with Crippen LogP contribution >= 0.6 is 0 Å². The summed E-state index contributed by atoms with van der Waals surface area (Å²) in [5.74, 6) is -0.893. The third-order valence-corrected chi connectivity index (χ3v) is 5.11. The largest absolute Gasteiger partial charge is 0.459 e. The molecule has 29 heavy (non-hydrogen) atoms. The number of aryl methyl sites for hydroxylation is 2. The van der Waals surface area contributed by atoms with Gasteiger partial charge in [-0.2, -0.15) is 0 Å². The van der Waals surface area contributed by atoms with Crippen molar-refractivity contribution in [2.75, 3.05) is 18.0 Å². The summed E-state index contributed by atoms with van der Waals surface area (Å²) < 4.78 is 5.04. The number of carbonyl (C=O) groups excluding carboxylic acids is 3. The first-order chi connectivity index (χ1) is 13.9. The van der Waals surface area contributed by atoms with Crippen molar-refractivity contribution in [2.45, 2.75) is 45.6 Å². The van der Waals surface area contributed by atoms with E-state index in [9.17, 15) is 14.4 Å². The highest BCUT2D eigenvalue weighted by atomic mass is 16.3. The maximum atomic E-state index is 12.9. The first-order valence-electron chi connectivity index (χ1n) is 9.92. The summed E-state index contributed by atoms with van der Waals surface area (Å²) in [6, 6.07) is 9.00. The molecule has 1 saturated carbocycles. The van der Waals surface area contributed by atoms with Gasteiger partial charge in [-0.3, -0.25) is 14.4 Å². The van der Waals surface area contributed by atoms with Gasteiger partial charge in [0.2, 0.25) is 11.8 Å². The number of furan rings is 1. The molecule has 0 radical (unpaired) electrons. The van der Waals surface area contributed by atoms with Gasteiger partial charge < -0.3 is 20.0 Å².